The second-order valence-corrected chi connectivity index (χ2v) is 28.7. The van der Waals surface area contributed by atoms with Crippen molar-refractivity contribution in [2.75, 3.05) is 39.6 Å². The number of aliphatic hydroxyl groups excluding tert-OH is 1. The topological polar surface area (TPSA) is 237 Å². The number of hydrogen-bond donors (Lipinski definition) is 3. The summed E-state index contributed by atoms with van der Waals surface area (Å²) in [6.07, 6.45) is 50.3. The largest absolute Gasteiger partial charge is 0.472 e. The molecule has 0 fully saturated rings. The molecule has 0 amide bonds. The molecule has 17 nitrogen and oxygen atoms in total. The molecule has 0 radical (unpaired) electrons. The van der Waals surface area contributed by atoms with Gasteiger partial charge in [0.2, 0.25) is 0 Å². The molecule has 0 heterocycles. The van der Waals surface area contributed by atoms with Gasteiger partial charge in [0.1, 0.15) is 19.3 Å². The Labute approximate surface area is 543 Å². The van der Waals surface area contributed by atoms with Gasteiger partial charge in [0, 0.05) is 25.7 Å². The average molecular weight is 1310 g/mol. The van der Waals surface area contributed by atoms with Gasteiger partial charge in [-0.15, -0.1) is 0 Å². The first kappa shape index (κ1) is 87.1. The third-order valence-corrected chi connectivity index (χ3v) is 18.2. The van der Waals surface area contributed by atoms with Crippen molar-refractivity contribution < 1.29 is 80.2 Å². The van der Waals surface area contributed by atoms with Gasteiger partial charge in [-0.05, 0) is 31.6 Å². The number of ether oxygens (including phenoxy) is 4. The zero-order chi connectivity index (χ0) is 65.6. The molecule has 0 bridgehead atoms. The van der Waals surface area contributed by atoms with Crippen LogP contribution >= 0.6 is 15.6 Å². The van der Waals surface area contributed by atoms with Crippen LogP contribution in [0.25, 0.3) is 0 Å². The Morgan fingerprint density at radius 1 is 0.303 bits per heavy atom. The molecular weight excluding hydrogens is 1170 g/mol. The van der Waals surface area contributed by atoms with Crippen LogP contribution in [0.3, 0.4) is 0 Å². The minimum absolute atomic E-state index is 0.106. The fourth-order valence-corrected chi connectivity index (χ4v) is 12.2. The van der Waals surface area contributed by atoms with Gasteiger partial charge in [-0.25, -0.2) is 9.13 Å². The van der Waals surface area contributed by atoms with Gasteiger partial charge >= 0.3 is 39.5 Å². The third kappa shape index (κ3) is 64.6. The summed E-state index contributed by atoms with van der Waals surface area (Å²) in [5.41, 5.74) is 0. The van der Waals surface area contributed by atoms with Crippen molar-refractivity contribution >= 4 is 39.5 Å². The second-order valence-electron chi connectivity index (χ2n) is 25.7. The summed E-state index contributed by atoms with van der Waals surface area (Å²) in [4.78, 5) is 72.2. The van der Waals surface area contributed by atoms with Crippen molar-refractivity contribution in [1.29, 1.82) is 0 Å². The maximum Gasteiger partial charge on any atom is 0.472 e. The van der Waals surface area contributed by atoms with Crippen LogP contribution in [0.4, 0.5) is 0 Å². The molecule has 0 aromatic rings. The molecule has 0 spiro atoms. The molecule has 0 aromatic heterocycles. The summed E-state index contributed by atoms with van der Waals surface area (Å²) in [5.74, 6) is -1.32. The fraction of sp³-hybridized carbons (Fsp3) is 0.943. The maximum atomic E-state index is 13.0. The lowest BCUT2D eigenvalue weighted by Gasteiger charge is -2.21. The van der Waals surface area contributed by atoms with Crippen molar-refractivity contribution in [1.82, 2.24) is 0 Å². The highest BCUT2D eigenvalue weighted by molar-refractivity contribution is 7.47. The molecule has 0 rings (SSSR count). The first-order chi connectivity index (χ1) is 43.0. The van der Waals surface area contributed by atoms with E-state index in [9.17, 15) is 43.2 Å². The first-order valence-electron chi connectivity index (χ1n) is 36.6. The van der Waals surface area contributed by atoms with Gasteiger partial charge in [-0.2, -0.15) is 0 Å². The zero-order valence-electron chi connectivity index (χ0n) is 57.6. The van der Waals surface area contributed by atoms with Crippen LogP contribution in [-0.4, -0.2) is 96.7 Å². The van der Waals surface area contributed by atoms with Gasteiger partial charge < -0.3 is 33.8 Å². The molecule has 2 unspecified atom stereocenters. The lowest BCUT2D eigenvalue weighted by molar-refractivity contribution is -0.161. The molecule has 0 aromatic carbocycles. The maximum absolute atomic E-state index is 13.0. The molecule has 0 saturated carbocycles. The third-order valence-electron chi connectivity index (χ3n) is 16.3. The van der Waals surface area contributed by atoms with E-state index in [0.29, 0.717) is 25.7 Å². The summed E-state index contributed by atoms with van der Waals surface area (Å²) in [6.45, 7) is 7.19. The monoisotopic (exact) mass is 1310 g/mol. The standard InChI is InChI=1S/C70H136O17P2/c1-6-9-12-15-17-19-21-22-28-32-35-39-44-49-54-68(73)81-60-66(87-70(75)56-51-46-41-37-33-29-26-24-23-25-27-31-34-38-43-47-52-63(4)5)62-85-89(78,79)83-58-64(71)57-82-88(76,77)84-61-65(59-80-67(72)53-48-42-14-11-8-3)86-69(74)55-50-45-40-36-30-20-18-16-13-10-7-2/h63-66,71H,6-62H2,1-5H3,(H,76,77)(H,78,79)/t64-,65+,66+/m0/s1. The summed E-state index contributed by atoms with van der Waals surface area (Å²) < 4.78 is 68.1. The van der Waals surface area contributed by atoms with Crippen molar-refractivity contribution in [3.05, 3.63) is 0 Å². The second kappa shape index (κ2) is 63.5. The molecule has 0 aliphatic heterocycles. The molecular formula is C70H136O17P2. The highest BCUT2D eigenvalue weighted by atomic mass is 31.2. The zero-order valence-corrected chi connectivity index (χ0v) is 59.4. The molecule has 5 atom stereocenters. The van der Waals surface area contributed by atoms with E-state index >= 15 is 0 Å². The molecule has 0 aliphatic rings. The molecule has 89 heavy (non-hydrogen) atoms. The van der Waals surface area contributed by atoms with Gasteiger partial charge in [-0.3, -0.25) is 37.3 Å². The number of hydrogen-bond acceptors (Lipinski definition) is 15. The van der Waals surface area contributed by atoms with Crippen LogP contribution in [-0.2, 0) is 65.4 Å². The fourth-order valence-electron chi connectivity index (χ4n) is 10.6. The van der Waals surface area contributed by atoms with E-state index in [2.05, 4.69) is 34.6 Å². The highest BCUT2D eigenvalue weighted by Gasteiger charge is 2.30. The molecule has 19 heteroatoms. The summed E-state index contributed by atoms with van der Waals surface area (Å²) in [7, 11) is -9.89. The van der Waals surface area contributed by atoms with Crippen molar-refractivity contribution in [3.8, 4) is 0 Å². The Morgan fingerprint density at radius 2 is 0.517 bits per heavy atom. The van der Waals surface area contributed by atoms with Crippen LogP contribution in [0.2, 0.25) is 0 Å². The number of phosphoric acid groups is 2. The Balaban J connectivity index is 5.14. The lowest BCUT2D eigenvalue weighted by Crippen LogP contribution is -2.30. The molecule has 0 saturated heterocycles. The number of esters is 4. The van der Waals surface area contributed by atoms with Crippen molar-refractivity contribution in [2.45, 2.75) is 380 Å². The minimum Gasteiger partial charge on any atom is -0.462 e. The van der Waals surface area contributed by atoms with E-state index in [1.54, 1.807) is 0 Å². The van der Waals surface area contributed by atoms with Crippen LogP contribution in [0, 0.1) is 5.92 Å². The van der Waals surface area contributed by atoms with E-state index in [0.717, 1.165) is 102 Å². The number of phosphoric ester groups is 2. The normalized spacial score (nSPS) is 14.1. The predicted molar refractivity (Wildman–Crippen MR) is 358 cm³/mol. The Morgan fingerprint density at radius 3 is 0.764 bits per heavy atom. The smallest absolute Gasteiger partial charge is 0.462 e. The molecule has 528 valence electrons. The number of aliphatic hydroxyl groups is 1. The van der Waals surface area contributed by atoms with E-state index < -0.39 is 97.5 Å². The van der Waals surface area contributed by atoms with E-state index in [1.807, 2.05) is 0 Å². The van der Waals surface area contributed by atoms with Gasteiger partial charge in [0.05, 0.1) is 26.4 Å². The first-order valence-corrected chi connectivity index (χ1v) is 39.6. The van der Waals surface area contributed by atoms with Crippen LogP contribution in [0.1, 0.15) is 362 Å². The Bertz CT molecular complexity index is 1720. The highest BCUT2D eigenvalue weighted by Crippen LogP contribution is 2.45. The summed E-state index contributed by atoms with van der Waals surface area (Å²) in [5, 5.41) is 10.6. The van der Waals surface area contributed by atoms with Gasteiger partial charge in [0.15, 0.2) is 12.2 Å². The summed E-state index contributed by atoms with van der Waals surface area (Å²) in [6, 6.07) is 0. The predicted octanol–water partition coefficient (Wildman–Crippen LogP) is 20.1. The van der Waals surface area contributed by atoms with Crippen LogP contribution in [0.5, 0.6) is 0 Å². The molecule has 3 N–H and O–H groups in total. The van der Waals surface area contributed by atoms with Gasteiger partial charge in [0.25, 0.3) is 0 Å². The van der Waals surface area contributed by atoms with Gasteiger partial charge in [-0.1, -0.05) is 311 Å². The van der Waals surface area contributed by atoms with E-state index in [1.165, 1.54) is 180 Å². The van der Waals surface area contributed by atoms with Crippen LogP contribution in [0.15, 0.2) is 0 Å². The number of rotatable bonds is 70. The van der Waals surface area contributed by atoms with E-state index in [4.69, 9.17) is 37.0 Å². The minimum atomic E-state index is -4.95. The Hall–Kier alpha value is -1.94. The van der Waals surface area contributed by atoms with E-state index in [-0.39, 0.29) is 25.7 Å². The van der Waals surface area contributed by atoms with Crippen LogP contribution < -0.4 is 0 Å². The average Bonchev–Trinajstić information content (AvgIpc) is 3.58. The van der Waals surface area contributed by atoms with Crippen molar-refractivity contribution in [2.24, 2.45) is 5.92 Å². The SMILES string of the molecule is CCCCCCCCCCCCCCCCC(=O)OC[C@H](COP(=O)(O)OC[C@@H](O)COP(=O)(O)OC[C@@H](COC(=O)CCCCCCC)OC(=O)CCCCCCCCCCCCC)OC(=O)CCCCCCCCCCCCCCCCCCC(C)C. The quantitative estimate of drug-likeness (QED) is 0.0222. The van der Waals surface area contributed by atoms with Crippen molar-refractivity contribution in [3.63, 3.8) is 0 Å². The Kier molecular flexibility index (Phi) is 62.1. The number of carbonyl (C=O) groups is 4. The molecule has 0 aliphatic carbocycles. The summed E-state index contributed by atoms with van der Waals surface area (Å²) >= 11 is 0. The number of unbranched alkanes of at least 4 members (excludes halogenated alkanes) is 42. The number of carbonyl (C=O) groups excluding carboxylic acids is 4. The lowest BCUT2D eigenvalue weighted by atomic mass is 10.0.